The van der Waals surface area contributed by atoms with E-state index in [0.717, 1.165) is 6.07 Å². The molecule has 0 fully saturated rings. The summed E-state index contributed by atoms with van der Waals surface area (Å²) in [5, 5.41) is 11.2. The van der Waals surface area contributed by atoms with Gasteiger partial charge in [0.25, 0.3) is 0 Å². The zero-order valence-corrected chi connectivity index (χ0v) is 12.4. The van der Waals surface area contributed by atoms with Crippen molar-refractivity contribution in [3.63, 3.8) is 0 Å². The minimum atomic E-state index is -4.86. The van der Waals surface area contributed by atoms with Gasteiger partial charge in [0.1, 0.15) is 17.3 Å². The number of nitriles is 1. The number of alkyl halides is 6. The van der Waals surface area contributed by atoms with Crippen LogP contribution in [0.1, 0.15) is 17.7 Å². The fourth-order valence-corrected chi connectivity index (χ4v) is 1.47. The Balaban J connectivity index is 0.00000484. The van der Waals surface area contributed by atoms with Gasteiger partial charge in [-0.25, -0.2) is 4.98 Å². The summed E-state index contributed by atoms with van der Waals surface area (Å²) < 4.78 is 80.6. The lowest BCUT2D eigenvalue weighted by Gasteiger charge is -2.22. The van der Waals surface area contributed by atoms with Crippen molar-refractivity contribution in [2.75, 3.05) is 13.6 Å². The van der Waals surface area contributed by atoms with Gasteiger partial charge in [-0.1, -0.05) is 0 Å². The molecule has 130 valence electrons. The Labute approximate surface area is 133 Å². The highest BCUT2D eigenvalue weighted by molar-refractivity contribution is 5.85. The number of hydrogen-bond donors (Lipinski definition) is 1. The van der Waals surface area contributed by atoms with Crippen LogP contribution >= 0.6 is 12.4 Å². The van der Waals surface area contributed by atoms with Gasteiger partial charge in [0.2, 0.25) is 5.88 Å². The molecular weight excluding hydrogens is 352 g/mol. The van der Waals surface area contributed by atoms with Crippen LogP contribution in [0.2, 0.25) is 0 Å². The Hall–Kier alpha value is -1.73. The Morgan fingerprint density at radius 3 is 2.30 bits per heavy atom. The van der Waals surface area contributed by atoms with Gasteiger partial charge in [-0.2, -0.15) is 31.6 Å². The second-order valence-corrected chi connectivity index (χ2v) is 4.20. The standard InChI is InChI=1S/C12H11F6N3O.ClH/c1-20-5-4-9(12(16,17)18)22-10-7(6-19)2-3-8(21-10)11(13,14)15;/h2-3,9,20H,4-5H2,1H3;1H/t9-;/m1./s1. The predicted octanol–water partition coefficient (Wildman–Crippen LogP) is 3.31. The lowest BCUT2D eigenvalue weighted by atomic mass is 10.2. The van der Waals surface area contributed by atoms with Gasteiger partial charge < -0.3 is 10.1 Å². The molecule has 0 radical (unpaired) electrons. The number of nitrogens with zero attached hydrogens (tertiary/aromatic N) is 2. The first kappa shape index (κ1) is 21.3. The molecule has 4 nitrogen and oxygen atoms in total. The van der Waals surface area contributed by atoms with Gasteiger partial charge in [0.05, 0.1) is 0 Å². The maximum atomic E-state index is 12.8. The van der Waals surface area contributed by atoms with Gasteiger partial charge in [-0.3, -0.25) is 0 Å². The first-order valence-corrected chi connectivity index (χ1v) is 5.96. The molecule has 0 saturated heterocycles. The molecule has 0 aliphatic rings. The lowest BCUT2D eigenvalue weighted by molar-refractivity contribution is -0.197. The third kappa shape index (κ3) is 6.11. The zero-order valence-electron chi connectivity index (χ0n) is 11.6. The van der Waals surface area contributed by atoms with Crippen molar-refractivity contribution in [1.29, 1.82) is 5.26 Å². The van der Waals surface area contributed by atoms with Crippen molar-refractivity contribution in [1.82, 2.24) is 10.3 Å². The Bertz CT molecular complexity index is 555. The second kappa shape index (κ2) is 8.21. The average molecular weight is 364 g/mol. The molecule has 11 heteroatoms. The molecule has 0 aliphatic carbocycles. The van der Waals surface area contributed by atoms with E-state index < -0.39 is 42.0 Å². The van der Waals surface area contributed by atoms with Gasteiger partial charge in [-0.05, 0) is 25.7 Å². The SMILES string of the molecule is CNCC[C@@H](Oc1nc(C(F)(F)F)ccc1C#N)C(F)(F)F.Cl. The van der Waals surface area contributed by atoms with Gasteiger partial charge >= 0.3 is 12.4 Å². The Morgan fingerprint density at radius 1 is 1.26 bits per heavy atom. The maximum absolute atomic E-state index is 12.8. The smallest absolute Gasteiger partial charge is 0.433 e. The third-order valence-electron chi connectivity index (χ3n) is 2.55. The summed E-state index contributed by atoms with van der Waals surface area (Å²) in [6.45, 7) is -0.0783. The fourth-order valence-electron chi connectivity index (χ4n) is 1.47. The number of aromatic nitrogens is 1. The number of halogens is 7. The molecule has 1 atom stereocenters. The van der Waals surface area contributed by atoms with Crippen LogP contribution < -0.4 is 10.1 Å². The van der Waals surface area contributed by atoms with Crippen molar-refractivity contribution in [3.8, 4) is 11.9 Å². The van der Waals surface area contributed by atoms with Crippen molar-refractivity contribution in [3.05, 3.63) is 23.4 Å². The third-order valence-corrected chi connectivity index (χ3v) is 2.55. The zero-order chi connectivity index (χ0) is 17.0. The van der Waals surface area contributed by atoms with Crippen LogP contribution in [0.3, 0.4) is 0 Å². The quantitative estimate of drug-likeness (QED) is 0.815. The van der Waals surface area contributed by atoms with E-state index in [-0.39, 0.29) is 19.0 Å². The van der Waals surface area contributed by atoms with Crippen LogP contribution in [0.5, 0.6) is 5.88 Å². The molecule has 1 aromatic rings. The van der Waals surface area contributed by atoms with E-state index in [2.05, 4.69) is 15.0 Å². The highest BCUT2D eigenvalue weighted by atomic mass is 35.5. The van der Waals surface area contributed by atoms with E-state index in [0.29, 0.717) is 6.07 Å². The van der Waals surface area contributed by atoms with Crippen LogP contribution in [0, 0.1) is 11.3 Å². The normalized spacial score (nSPS) is 13.0. The predicted molar refractivity (Wildman–Crippen MR) is 70.2 cm³/mol. The van der Waals surface area contributed by atoms with Gasteiger partial charge in [-0.15, -0.1) is 12.4 Å². The number of ether oxygens (including phenoxy) is 1. The van der Waals surface area contributed by atoms with Crippen LogP contribution in [-0.4, -0.2) is 30.9 Å². The van der Waals surface area contributed by atoms with Crippen LogP contribution in [-0.2, 0) is 6.18 Å². The first-order chi connectivity index (χ1) is 10.1. The van der Waals surface area contributed by atoms with Crippen LogP contribution in [0.4, 0.5) is 26.3 Å². The summed E-state index contributed by atoms with van der Waals surface area (Å²) in [5.41, 5.74) is -1.94. The molecule has 0 amide bonds. The molecule has 0 saturated carbocycles. The van der Waals surface area contributed by atoms with Gasteiger partial charge in [0, 0.05) is 6.42 Å². The Kier molecular flexibility index (Phi) is 7.60. The first-order valence-electron chi connectivity index (χ1n) is 5.96. The van der Waals surface area contributed by atoms with E-state index in [1.807, 2.05) is 0 Å². The van der Waals surface area contributed by atoms with Crippen molar-refractivity contribution in [2.24, 2.45) is 0 Å². The molecule has 1 aromatic heterocycles. The molecule has 0 aliphatic heterocycles. The average Bonchev–Trinajstić information content (AvgIpc) is 2.40. The molecular formula is C12H12ClF6N3O. The molecule has 0 unspecified atom stereocenters. The number of rotatable bonds is 5. The summed E-state index contributed by atoms with van der Waals surface area (Å²) in [5.74, 6) is -0.990. The maximum Gasteiger partial charge on any atom is 0.433 e. The summed E-state index contributed by atoms with van der Waals surface area (Å²) >= 11 is 0. The molecule has 1 heterocycles. The molecule has 23 heavy (non-hydrogen) atoms. The molecule has 0 spiro atoms. The van der Waals surface area contributed by atoms with E-state index in [9.17, 15) is 26.3 Å². The molecule has 1 N–H and O–H groups in total. The van der Waals surface area contributed by atoms with Crippen molar-refractivity contribution >= 4 is 12.4 Å². The second-order valence-electron chi connectivity index (χ2n) is 4.20. The number of hydrogen-bond acceptors (Lipinski definition) is 4. The largest absolute Gasteiger partial charge is 0.464 e. The Morgan fingerprint density at radius 2 is 1.87 bits per heavy atom. The molecule has 0 aromatic carbocycles. The monoisotopic (exact) mass is 363 g/mol. The van der Waals surface area contributed by atoms with Crippen molar-refractivity contribution in [2.45, 2.75) is 24.9 Å². The fraction of sp³-hybridized carbons (Fsp3) is 0.500. The van der Waals surface area contributed by atoms with Crippen molar-refractivity contribution < 1.29 is 31.1 Å². The summed E-state index contributed by atoms with van der Waals surface area (Å²) in [4.78, 5) is 2.99. The minimum Gasteiger partial charge on any atom is -0.464 e. The van der Waals surface area contributed by atoms with E-state index >= 15 is 0 Å². The topological polar surface area (TPSA) is 57.9 Å². The van der Waals surface area contributed by atoms with Crippen LogP contribution in [0.25, 0.3) is 0 Å². The van der Waals surface area contributed by atoms with E-state index in [4.69, 9.17) is 5.26 Å². The molecule has 1 rings (SSSR count). The summed E-state index contributed by atoms with van der Waals surface area (Å²) in [7, 11) is 1.41. The number of nitrogens with one attached hydrogen (secondary N) is 1. The molecule has 0 bridgehead atoms. The van der Waals surface area contributed by atoms with Crippen LogP contribution in [0.15, 0.2) is 12.1 Å². The lowest BCUT2D eigenvalue weighted by Crippen LogP contribution is -2.37. The highest BCUT2D eigenvalue weighted by Gasteiger charge is 2.42. The minimum absolute atomic E-state index is 0. The highest BCUT2D eigenvalue weighted by Crippen LogP contribution is 2.32. The number of pyridine rings is 1. The van der Waals surface area contributed by atoms with E-state index in [1.165, 1.54) is 13.1 Å². The van der Waals surface area contributed by atoms with E-state index in [1.54, 1.807) is 0 Å². The summed E-state index contributed by atoms with van der Waals surface area (Å²) in [6.07, 6.45) is -12.6. The summed E-state index contributed by atoms with van der Waals surface area (Å²) in [6, 6.07) is 2.67. The van der Waals surface area contributed by atoms with Gasteiger partial charge in [0.15, 0.2) is 6.10 Å².